The van der Waals surface area contributed by atoms with Crippen molar-refractivity contribution in [2.75, 3.05) is 26.3 Å². The van der Waals surface area contributed by atoms with Gasteiger partial charge in [-0.05, 0) is 37.6 Å². The molecule has 1 aromatic heterocycles. The molecule has 2 heterocycles. The Morgan fingerprint density at radius 3 is 2.90 bits per heavy atom. The molecule has 8 nitrogen and oxygen atoms in total. The first-order valence-electron chi connectivity index (χ1n) is 10.3. The van der Waals surface area contributed by atoms with Gasteiger partial charge in [-0.25, -0.2) is 4.99 Å². The van der Waals surface area contributed by atoms with E-state index in [9.17, 15) is 4.79 Å². The molecule has 1 atom stereocenters. The van der Waals surface area contributed by atoms with Gasteiger partial charge in [0.15, 0.2) is 5.96 Å². The maximum Gasteiger partial charge on any atom is 0.239 e. The van der Waals surface area contributed by atoms with Crippen molar-refractivity contribution in [3.8, 4) is 5.75 Å². The molecule has 0 spiro atoms. The minimum absolute atomic E-state index is 0.0822. The van der Waals surface area contributed by atoms with Gasteiger partial charge in [0.05, 0.1) is 39.1 Å². The quantitative estimate of drug-likeness (QED) is 0.430. The second kappa shape index (κ2) is 11.3. The highest BCUT2D eigenvalue weighted by Crippen LogP contribution is 2.24. The van der Waals surface area contributed by atoms with Crippen molar-refractivity contribution in [3.05, 3.63) is 53.5 Å². The molecular weight excluding hydrogens is 384 g/mol. The first-order chi connectivity index (χ1) is 14.6. The SMILES string of the molecule is CCNC(=NCc1ccc(C)cc1OC1CCOC1)NCC(=O)NCc1ccco1. The number of hydrogen-bond donors (Lipinski definition) is 3. The Bertz CT molecular complexity index is 830. The molecule has 1 amide bonds. The molecule has 162 valence electrons. The van der Waals surface area contributed by atoms with Gasteiger partial charge < -0.3 is 29.8 Å². The number of hydrogen-bond acceptors (Lipinski definition) is 5. The average molecular weight is 415 g/mol. The fourth-order valence-electron chi connectivity index (χ4n) is 3.02. The van der Waals surface area contributed by atoms with E-state index in [2.05, 4.69) is 20.9 Å². The molecule has 0 saturated carbocycles. The number of nitrogens with zero attached hydrogens (tertiary/aromatic N) is 1. The number of rotatable bonds is 9. The van der Waals surface area contributed by atoms with E-state index in [0.717, 1.165) is 29.9 Å². The van der Waals surface area contributed by atoms with E-state index in [1.165, 1.54) is 0 Å². The molecule has 1 fully saturated rings. The molecule has 2 aromatic rings. The smallest absolute Gasteiger partial charge is 0.239 e. The molecule has 1 aliphatic rings. The second-order valence-corrected chi connectivity index (χ2v) is 7.12. The van der Waals surface area contributed by atoms with Gasteiger partial charge in [0.1, 0.15) is 17.6 Å². The highest BCUT2D eigenvalue weighted by atomic mass is 16.5. The van der Waals surface area contributed by atoms with Crippen LogP contribution in [-0.4, -0.2) is 44.3 Å². The lowest BCUT2D eigenvalue weighted by Crippen LogP contribution is -2.43. The number of guanidine groups is 1. The normalized spacial score (nSPS) is 16.3. The molecule has 1 aromatic carbocycles. The third kappa shape index (κ3) is 6.81. The molecule has 0 bridgehead atoms. The average Bonchev–Trinajstić information content (AvgIpc) is 3.44. The summed E-state index contributed by atoms with van der Waals surface area (Å²) in [7, 11) is 0. The lowest BCUT2D eigenvalue weighted by molar-refractivity contribution is -0.120. The van der Waals surface area contributed by atoms with Crippen LogP contribution in [0.25, 0.3) is 0 Å². The Morgan fingerprint density at radius 2 is 2.17 bits per heavy atom. The topological polar surface area (TPSA) is 97.1 Å². The predicted octanol–water partition coefficient (Wildman–Crippen LogP) is 2.13. The number of amides is 1. The standard InChI is InChI=1S/C22H30N4O4/c1-3-23-22(26-14-21(27)24-13-18-5-4-9-29-18)25-12-17-7-6-16(2)11-20(17)30-19-8-10-28-15-19/h4-7,9,11,19H,3,8,10,12-15H2,1-2H3,(H,24,27)(H2,23,25,26). The van der Waals surface area contributed by atoms with Crippen LogP contribution in [0.3, 0.4) is 0 Å². The molecule has 0 aliphatic carbocycles. The maximum absolute atomic E-state index is 12.1. The van der Waals surface area contributed by atoms with Gasteiger partial charge in [-0.15, -0.1) is 0 Å². The molecule has 3 rings (SSSR count). The van der Waals surface area contributed by atoms with Gasteiger partial charge in [-0.2, -0.15) is 0 Å². The van der Waals surface area contributed by atoms with Gasteiger partial charge in [-0.1, -0.05) is 12.1 Å². The number of benzene rings is 1. The highest BCUT2D eigenvalue weighted by molar-refractivity contribution is 5.86. The van der Waals surface area contributed by atoms with Crippen LogP contribution in [0.2, 0.25) is 0 Å². The third-order valence-electron chi connectivity index (χ3n) is 4.61. The lowest BCUT2D eigenvalue weighted by Gasteiger charge is -2.16. The fourth-order valence-corrected chi connectivity index (χ4v) is 3.02. The zero-order valence-corrected chi connectivity index (χ0v) is 17.6. The number of ether oxygens (including phenoxy) is 2. The van der Waals surface area contributed by atoms with Crippen LogP contribution in [0.1, 0.15) is 30.2 Å². The number of furan rings is 1. The third-order valence-corrected chi connectivity index (χ3v) is 4.61. The summed E-state index contributed by atoms with van der Waals surface area (Å²) in [5, 5.41) is 9.02. The van der Waals surface area contributed by atoms with Gasteiger partial charge in [-0.3, -0.25) is 4.79 Å². The Kier molecular flexibility index (Phi) is 8.14. The Labute approximate surface area is 177 Å². The molecule has 1 aliphatic heterocycles. The fraction of sp³-hybridized carbons (Fsp3) is 0.455. The predicted molar refractivity (Wildman–Crippen MR) is 114 cm³/mol. The Balaban J connectivity index is 1.56. The summed E-state index contributed by atoms with van der Waals surface area (Å²) in [6, 6.07) is 9.72. The first-order valence-corrected chi connectivity index (χ1v) is 10.3. The van der Waals surface area contributed by atoms with Gasteiger partial charge in [0.25, 0.3) is 0 Å². The monoisotopic (exact) mass is 414 g/mol. The van der Waals surface area contributed by atoms with Crippen molar-refractivity contribution >= 4 is 11.9 Å². The second-order valence-electron chi connectivity index (χ2n) is 7.12. The van der Waals surface area contributed by atoms with E-state index in [0.29, 0.717) is 38.0 Å². The molecule has 1 unspecified atom stereocenters. The number of aliphatic imine (C=N–C) groups is 1. The van der Waals surface area contributed by atoms with Crippen LogP contribution < -0.4 is 20.7 Å². The van der Waals surface area contributed by atoms with Crippen molar-refractivity contribution < 1.29 is 18.7 Å². The van der Waals surface area contributed by atoms with Crippen LogP contribution in [0.15, 0.2) is 46.0 Å². The molecule has 30 heavy (non-hydrogen) atoms. The lowest BCUT2D eigenvalue weighted by atomic mass is 10.1. The number of nitrogens with one attached hydrogen (secondary N) is 3. The highest BCUT2D eigenvalue weighted by Gasteiger charge is 2.18. The van der Waals surface area contributed by atoms with E-state index < -0.39 is 0 Å². The van der Waals surface area contributed by atoms with Crippen LogP contribution in [0, 0.1) is 6.92 Å². The van der Waals surface area contributed by atoms with Gasteiger partial charge >= 0.3 is 0 Å². The molecule has 3 N–H and O–H groups in total. The van der Waals surface area contributed by atoms with Crippen molar-refractivity contribution in [1.29, 1.82) is 0 Å². The van der Waals surface area contributed by atoms with Crippen LogP contribution in [0.5, 0.6) is 5.75 Å². The summed E-state index contributed by atoms with van der Waals surface area (Å²) in [5.74, 6) is 1.98. The number of aryl methyl sites for hydroxylation is 1. The Morgan fingerprint density at radius 1 is 1.27 bits per heavy atom. The molecule has 0 radical (unpaired) electrons. The molecular formula is C22H30N4O4. The number of carbonyl (C=O) groups excluding carboxylic acids is 1. The maximum atomic E-state index is 12.1. The summed E-state index contributed by atoms with van der Waals surface area (Å²) in [5.41, 5.74) is 2.13. The van der Waals surface area contributed by atoms with Crippen molar-refractivity contribution in [2.24, 2.45) is 4.99 Å². The molecule has 1 saturated heterocycles. The van der Waals surface area contributed by atoms with E-state index >= 15 is 0 Å². The summed E-state index contributed by atoms with van der Waals surface area (Å²) in [6.07, 6.45) is 2.56. The number of carbonyl (C=O) groups is 1. The van der Waals surface area contributed by atoms with Crippen molar-refractivity contribution in [3.63, 3.8) is 0 Å². The summed E-state index contributed by atoms with van der Waals surface area (Å²) in [6.45, 7) is 6.98. The zero-order chi connectivity index (χ0) is 21.2. The molecule has 8 heteroatoms. The van der Waals surface area contributed by atoms with Crippen LogP contribution >= 0.6 is 0 Å². The van der Waals surface area contributed by atoms with E-state index in [1.807, 2.05) is 38.1 Å². The van der Waals surface area contributed by atoms with Crippen LogP contribution in [0.4, 0.5) is 0 Å². The summed E-state index contributed by atoms with van der Waals surface area (Å²) >= 11 is 0. The zero-order valence-electron chi connectivity index (χ0n) is 17.6. The largest absolute Gasteiger partial charge is 0.488 e. The summed E-state index contributed by atoms with van der Waals surface area (Å²) in [4.78, 5) is 16.7. The van der Waals surface area contributed by atoms with Gasteiger partial charge in [0.2, 0.25) is 5.91 Å². The first kappa shape index (κ1) is 21.7. The minimum atomic E-state index is -0.141. The van der Waals surface area contributed by atoms with Crippen LogP contribution in [-0.2, 0) is 22.6 Å². The van der Waals surface area contributed by atoms with Crippen molar-refractivity contribution in [2.45, 2.75) is 39.5 Å². The van der Waals surface area contributed by atoms with E-state index in [1.54, 1.807) is 12.3 Å². The van der Waals surface area contributed by atoms with Gasteiger partial charge in [0, 0.05) is 18.5 Å². The van der Waals surface area contributed by atoms with E-state index in [-0.39, 0.29) is 18.6 Å². The van der Waals surface area contributed by atoms with E-state index in [4.69, 9.17) is 13.9 Å². The van der Waals surface area contributed by atoms with Crippen molar-refractivity contribution in [1.82, 2.24) is 16.0 Å². The summed E-state index contributed by atoms with van der Waals surface area (Å²) < 4.78 is 16.8. The Hall–Kier alpha value is -3.00. The minimum Gasteiger partial charge on any atom is -0.488 e.